The lowest BCUT2D eigenvalue weighted by Crippen LogP contribution is -2.40. The Morgan fingerprint density at radius 2 is 1.97 bits per heavy atom. The molecule has 1 N–H and O–H groups in total. The van der Waals surface area contributed by atoms with Crippen molar-refractivity contribution in [2.75, 3.05) is 16.8 Å². The zero-order valence-electron chi connectivity index (χ0n) is 21.5. The van der Waals surface area contributed by atoms with Crippen molar-refractivity contribution < 1.29 is 14.3 Å². The van der Waals surface area contributed by atoms with Gasteiger partial charge < -0.3 is 15.0 Å². The standard InChI is InChI=1S/C28H38N4O3/c1-5-6-13-29-27-30-16-24-23-12-9-20(18-33)14-21(23)17-32(26(24)31-27)22-10-7-19(8-11-22)15-25(34)35-28(2,3)4/h9,12,14,16,18-19,22H,5-8,10-11,13,15,17H2,1-4H3,(H,29,30,31). The maximum atomic E-state index is 12.3. The van der Waals surface area contributed by atoms with E-state index in [1.165, 1.54) is 0 Å². The molecule has 1 fully saturated rings. The number of carbonyl (C=O) groups is 2. The van der Waals surface area contributed by atoms with E-state index >= 15 is 0 Å². The van der Waals surface area contributed by atoms with Crippen molar-refractivity contribution in [1.82, 2.24) is 9.97 Å². The second kappa shape index (κ2) is 10.8. The molecule has 2 heterocycles. The SMILES string of the molecule is CCCCNc1ncc2c(n1)N(C1CCC(CC(=O)OC(C)(C)C)CC1)Cc1cc(C=O)ccc1-2. The van der Waals surface area contributed by atoms with Crippen molar-refractivity contribution in [2.45, 2.75) is 90.8 Å². The molecule has 0 saturated heterocycles. The van der Waals surface area contributed by atoms with Crippen LogP contribution in [0.4, 0.5) is 11.8 Å². The van der Waals surface area contributed by atoms with Crippen LogP contribution in [0.25, 0.3) is 11.1 Å². The maximum absolute atomic E-state index is 12.3. The number of aromatic nitrogens is 2. The summed E-state index contributed by atoms with van der Waals surface area (Å²) in [5.41, 5.74) is 3.49. The lowest BCUT2D eigenvalue weighted by Gasteiger charge is -2.41. The molecule has 0 unspecified atom stereocenters. The molecule has 0 atom stereocenters. The number of nitrogens with zero attached hydrogens (tertiary/aromatic N) is 3. The fraction of sp³-hybridized carbons (Fsp3) is 0.571. The van der Waals surface area contributed by atoms with Crippen molar-refractivity contribution in [3.05, 3.63) is 35.5 Å². The molecule has 1 aliphatic heterocycles. The van der Waals surface area contributed by atoms with Crippen molar-refractivity contribution in [3.63, 3.8) is 0 Å². The first kappa shape index (κ1) is 25.1. The summed E-state index contributed by atoms with van der Waals surface area (Å²) < 4.78 is 5.54. The number of fused-ring (bicyclic) bond motifs is 3. The molecule has 1 aliphatic carbocycles. The van der Waals surface area contributed by atoms with E-state index in [1.54, 1.807) is 0 Å². The summed E-state index contributed by atoms with van der Waals surface area (Å²) in [5, 5.41) is 3.36. The lowest BCUT2D eigenvalue weighted by atomic mass is 9.82. The van der Waals surface area contributed by atoms with Gasteiger partial charge in [0.2, 0.25) is 5.95 Å². The van der Waals surface area contributed by atoms with Crippen LogP contribution >= 0.6 is 0 Å². The zero-order chi connectivity index (χ0) is 25.0. The smallest absolute Gasteiger partial charge is 0.306 e. The van der Waals surface area contributed by atoms with Crippen LogP contribution in [0, 0.1) is 5.92 Å². The van der Waals surface area contributed by atoms with Gasteiger partial charge in [-0.05, 0) is 76.0 Å². The number of rotatable bonds is 8. The number of benzene rings is 1. The minimum atomic E-state index is -0.442. The molecule has 0 amide bonds. The van der Waals surface area contributed by atoms with E-state index in [4.69, 9.17) is 9.72 Å². The van der Waals surface area contributed by atoms with Crippen molar-refractivity contribution >= 4 is 24.0 Å². The molecule has 1 aromatic carbocycles. The van der Waals surface area contributed by atoms with Gasteiger partial charge in [-0.25, -0.2) is 4.98 Å². The first-order valence-electron chi connectivity index (χ1n) is 12.9. The number of esters is 1. The van der Waals surface area contributed by atoms with Crippen LogP contribution in [-0.2, 0) is 16.1 Å². The average Bonchev–Trinajstić information content (AvgIpc) is 2.82. The monoisotopic (exact) mass is 478 g/mol. The highest BCUT2D eigenvalue weighted by Gasteiger charge is 2.33. The van der Waals surface area contributed by atoms with Crippen molar-refractivity contribution in [1.29, 1.82) is 0 Å². The van der Waals surface area contributed by atoms with Gasteiger partial charge in [0, 0.05) is 42.9 Å². The third-order valence-electron chi connectivity index (χ3n) is 6.88. The molecule has 1 aromatic heterocycles. The van der Waals surface area contributed by atoms with E-state index in [2.05, 4.69) is 22.1 Å². The Kier molecular flexibility index (Phi) is 7.72. The topological polar surface area (TPSA) is 84.4 Å². The van der Waals surface area contributed by atoms with Gasteiger partial charge in [0.1, 0.15) is 17.7 Å². The van der Waals surface area contributed by atoms with Crippen molar-refractivity contribution in [2.24, 2.45) is 5.92 Å². The summed E-state index contributed by atoms with van der Waals surface area (Å²) in [6, 6.07) is 6.19. The highest BCUT2D eigenvalue weighted by molar-refractivity contribution is 5.85. The van der Waals surface area contributed by atoms with E-state index in [1.807, 2.05) is 45.2 Å². The van der Waals surface area contributed by atoms with E-state index < -0.39 is 5.60 Å². The highest BCUT2D eigenvalue weighted by atomic mass is 16.6. The van der Waals surface area contributed by atoms with Crippen LogP contribution in [0.1, 0.15) is 88.6 Å². The number of unbranched alkanes of at least 4 members (excludes halogenated alkanes) is 1. The fourth-order valence-corrected chi connectivity index (χ4v) is 5.16. The quantitative estimate of drug-likeness (QED) is 0.292. The molecule has 7 heteroatoms. The summed E-state index contributed by atoms with van der Waals surface area (Å²) in [4.78, 5) is 35.7. The fourth-order valence-electron chi connectivity index (χ4n) is 5.16. The molecular formula is C28H38N4O3. The average molecular weight is 479 g/mol. The van der Waals surface area contributed by atoms with E-state index in [0.717, 1.165) is 80.4 Å². The molecule has 7 nitrogen and oxygen atoms in total. The minimum absolute atomic E-state index is 0.102. The Bertz CT molecular complexity index is 1050. The van der Waals surface area contributed by atoms with Crippen LogP contribution < -0.4 is 10.2 Å². The van der Waals surface area contributed by atoms with Gasteiger partial charge in [-0.3, -0.25) is 9.59 Å². The van der Waals surface area contributed by atoms with Gasteiger partial charge in [-0.1, -0.05) is 25.5 Å². The molecule has 4 rings (SSSR count). The van der Waals surface area contributed by atoms with Crippen LogP contribution in [0.15, 0.2) is 24.4 Å². The minimum Gasteiger partial charge on any atom is -0.460 e. The van der Waals surface area contributed by atoms with Gasteiger partial charge >= 0.3 is 5.97 Å². The number of hydrogen-bond donors (Lipinski definition) is 1. The maximum Gasteiger partial charge on any atom is 0.306 e. The molecule has 0 spiro atoms. The highest BCUT2D eigenvalue weighted by Crippen LogP contribution is 2.42. The summed E-state index contributed by atoms with van der Waals surface area (Å²) in [7, 11) is 0. The number of hydrogen-bond acceptors (Lipinski definition) is 7. The van der Waals surface area contributed by atoms with Gasteiger partial charge in [0.15, 0.2) is 0 Å². The number of nitrogens with one attached hydrogen (secondary N) is 1. The Balaban J connectivity index is 1.53. The number of ether oxygens (including phenoxy) is 1. The van der Waals surface area contributed by atoms with Crippen LogP contribution in [0.5, 0.6) is 0 Å². The lowest BCUT2D eigenvalue weighted by molar-refractivity contribution is -0.156. The van der Waals surface area contributed by atoms with Crippen LogP contribution in [-0.4, -0.2) is 40.4 Å². The van der Waals surface area contributed by atoms with Gasteiger partial charge in [0.05, 0.1) is 0 Å². The van der Waals surface area contributed by atoms with Gasteiger partial charge in [-0.15, -0.1) is 0 Å². The predicted molar refractivity (Wildman–Crippen MR) is 139 cm³/mol. The largest absolute Gasteiger partial charge is 0.460 e. The molecule has 1 saturated carbocycles. The van der Waals surface area contributed by atoms with E-state index in [-0.39, 0.29) is 5.97 Å². The number of anilines is 2. The normalized spacial score (nSPS) is 19.5. The Morgan fingerprint density at radius 1 is 1.20 bits per heavy atom. The van der Waals surface area contributed by atoms with Crippen LogP contribution in [0.3, 0.4) is 0 Å². The predicted octanol–water partition coefficient (Wildman–Crippen LogP) is 5.78. The van der Waals surface area contributed by atoms with Crippen LogP contribution in [0.2, 0.25) is 0 Å². The molecule has 2 aliphatic rings. The third-order valence-corrected chi connectivity index (χ3v) is 6.88. The van der Waals surface area contributed by atoms with Gasteiger partial charge in [0.25, 0.3) is 0 Å². The summed E-state index contributed by atoms with van der Waals surface area (Å²) in [6.45, 7) is 9.48. The summed E-state index contributed by atoms with van der Waals surface area (Å²) >= 11 is 0. The Morgan fingerprint density at radius 3 is 2.66 bits per heavy atom. The number of carbonyl (C=O) groups excluding carboxylic acids is 2. The molecule has 188 valence electrons. The van der Waals surface area contributed by atoms with E-state index in [9.17, 15) is 9.59 Å². The first-order valence-corrected chi connectivity index (χ1v) is 12.9. The zero-order valence-corrected chi connectivity index (χ0v) is 21.5. The second-order valence-electron chi connectivity index (χ2n) is 10.8. The second-order valence-corrected chi connectivity index (χ2v) is 10.8. The molecule has 35 heavy (non-hydrogen) atoms. The first-order chi connectivity index (χ1) is 16.8. The van der Waals surface area contributed by atoms with E-state index in [0.29, 0.717) is 29.9 Å². The Labute approximate surface area is 208 Å². The van der Waals surface area contributed by atoms with Gasteiger partial charge in [-0.2, -0.15) is 4.98 Å². The Hall–Kier alpha value is -2.96. The number of aldehydes is 1. The summed E-state index contributed by atoms with van der Waals surface area (Å²) in [6.07, 6.45) is 9.46. The summed E-state index contributed by atoms with van der Waals surface area (Å²) in [5.74, 6) is 1.88. The molecule has 2 aromatic rings. The third kappa shape index (κ3) is 6.19. The van der Waals surface area contributed by atoms with Crippen molar-refractivity contribution in [3.8, 4) is 11.1 Å². The molecule has 0 bridgehead atoms. The molecule has 0 radical (unpaired) electrons. The molecular weight excluding hydrogens is 440 g/mol.